The van der Waals surface area contributed by atoms with Crippen molar-refractivity contribution >= 4 is 22.6 Å². The molecule has 19 heavy (non-hydrogen) atoms. The third-order valence-corrected chi connectivity index (χ3v) is 4.02. The molecule has 1 unspecified atom stereocenters. The maximum absolute atomic E-state index is 6.11. The molecule has 1 aliphatic carbocycles. The summed E-state index contributed by atoms with van der Waals surface area (Å²) >= 11 is 6.11. The topological polar surface area (TPSA) is 25.2 Å². The SMILES string of the molecule is CCCNC(c1cc2cc(Cl)cc(C)c2o1)C1CC1. The van der Waals surface area contributed by atoms with Gasteiger partial charge >= 0.3 is 0 Å². The van der Waals surface area contributed by atoms with Gasteiger partial charge in [0.25, 0.3) is 0 Å². The Hall–Kier alpha value is -0.990. The lowest BCUT2D eigenvalue weighted by molar-refractivity contribution is 0.396. The first-order chi connectivity index (χ1) is 9.19. The fourth-order valence-corrected chi connectivity index (χ4v) is 2.97. The number of benzene rings is 1. The Bertz CT molecular complexity index is 586. The molecule has 0 spiro atoms. The Labute approximate surface area is 119 Å². The molecule has 1 aliphatic rings. The molecule has 102 valence electrons. The zero-order valence-corrected chi connectivity index (χ0v) is 12.3. The molecule has 3 heteroatoms. The van der Waals surface area contributed by atoms with Crippen LogP contribution in [0.1, 0.15) is 43.6 Å². The molecule has 1 atom stereocenters. The molecule has 0 amide bonds. The molecule has 3 rings (SSSR count). The highest BCUT2D eigenvalue weighted by atomic mass is 35.5. The van der Waals surface area contributed by atoms with E-state index in [4.69, 9.17) is 16.0 Å². The van der Waals surface area contributed by atoms with Crippen molar-refractivity contribution < 1.29 is 4.42 Å². The number of nitrogens with one attached hydrogen (secondary N) is 1. The molecule has 1 aromatic heterocycles. The highest BCUT2D eigenvalue weighted by molar-refractivity contribution is 6.31. The van der Waals surface area contributed by atoms with E-state index >= 15 is 0 Å². The average molecular weight is 278 g/mol. The molecule has 2 nitrogen and oxygen atoms in total. The molecule has 1 fully saturated rings. The largest absolute Gasteiger partial charge is 0.459 e. The lowest BCUT2D eigenvalue weighted by Crippen LogP contribution is -2.23. The fraction of sp³-hybridized carbons (Fsp3) is 0.500. The van der Waals surface area contributed by atoms with Crippen LogP contribution in [0.15, 0.2) is 22.6 Å². The summed E-state index contributed by atoms with van der Waals surface area (Å²) in [7, 11) is 0. The number of hydrogen-bond acceptors (Lipinski definition) is 2. The summed E-state index contributed by atoms with van der Waals surface area (Å²) in [5.74, 6) is 1.80. The van der Waals surface area contributed by atoms with Crippen LogP contribution in [0.3, 0.4) is 0 Å². The fourth-order valence-electron chi connectivity index (χ4n) is 2.69. The number of fused-ring (bicyclic) bond motifs is 1. The zero-order valence-electron chi connectivity index (χ0n) is 11.5. The molecule has 0 saturated heterocycles. The van der Waals surface area contributed by atoms with E-state index in [1.807, 2.05) is 19.1 Å². The number of furan rings is 1. The third kappa shape index (κ3) is 2.65. The van der Waals surface area contributed by atoms with Gasteiger partial charge in [0.15, 0.2) is 0 Å². The summed E-state index contributed by atoms with van der Waals surface area (Å²) in [5.41, 5.74) is 2.09. The number of halogens is 1. The molecular weight excluding hydrogens is 258 g/mol. The van der Waals surface area contributed by atoms with Crippen molar-refractivity contribution in [2.24, 2.45) is 5.92 Å². The van der Waals surface area contributed by atoms with Gasteiger partial charge in [-0.2, -0.15) is 0 Å². The molecule has 1 N–H and O–H groups in total. The van der Waals surface area contributed by atoms with Gasteiger partial charge < -0.3 is 9.73 Å². The average Bonchev–Trinajstić information content (AvgIpc) is 3.10. The van der Waals surface area contributed by atoms with Gasteiger partial charge in [-0.05, 0) is 62.4 Å². The van der Waals surface area contributed by atoms with Gasteiger partial charge in [-0.3, -0.25) is 0 Å². The Morgan fingerprint density at radius 1 is 1.37 bits per heavy atom. The smallest absolute Gasteiger partial charge is 0.137 e. The van der Waals surface area contributed by atoms with Crippen LogP contribution in [0.2, 0.25) is 5.02 Å². The number of rotatable bonds is 5. The van der Waals surface area contributed by atoms with Crippen molar-refractivity contribution in [3.63, 3.8) is 0 Å². The van der Waals surface area contributed by atoms with Crippen LogP contribution >= 0.6 is 11.6 Å². The van der Waals surface area contributed by atoms with Crippen LogP contribution in [0.25, 0.3) is 11.0 Å². The second kappa shape index (κ2) is 5.18. The molecule has 2 aromatic rings. The van der Waals surface area contributed by atoms with Crippen LogP contribution in [0, 0.1) is 12.8 Å². The summed E-state index contributed by atoms with van der Waals surface area (Å²) in [6.07, 6.45) is 3.75. The summed E-state index contributed by atoms with van der Waals surface area (Å²) in [4.78, 5) is 0. The summed E-state index contributed by atoms with van der Waals surface area (Å²) < 4.78 is 6.09. The standard InChI is InChI=1S/C16H20ClNO/c1-3-6-18-15(11-4-5-11)14-9-12-8-13(17)7-10(2)16(12)19-14/h7-9,11,15,18H,3-6H2,1-2H3. The van der Waals surface area contributed by atoms with E-state index < -0.39 is 0 Å². The van der Waals surface area contributed by atoms with Gasteiger partial charge in [-0.1, -0.05) is 18.5 Å². The van der Waals surface area contributed by atoms with Crippen molar-refractivity contribution in [1.29, 1.82) is 0 Å². The van der Waals surface area contributed by atoms with E-state index in [0.29, 0.717) is 6.04 Å². The van der Waals surface area contributed by atoms with Crippen molar-refractivity contribution in [1.82, 2.24) is 5.32 Å². The summed E-state index contributed by atoms with van der Waals surface area (Å²) in [6.45, 7) is 5.28. The molecule has 1 heterocycles. The number of hydrogen-bond donors (Lipinski definition) is 1. The normalized spacial score (nSPS) is 17.0. The third-order valence-electron chi connectivity index (χ3n) is 3.80. The Balaban J connectivity index is 1.96. The highest BCUT2D eigenvalue weighted by Gasteiger charge is 2.34. The second-order valence-electron chi connectivity index (χ2n) is 5.56. The summed E-state index contributed by atoms with van der Waals surface area (Å²) in [5, 5.41) is 5.51. The van der Waals surface area contributed by atoms with Gasteiger partial charge in [0.2, 0.25) is 0 Å². The Morgan fingerprint density at radius 2 is 2.16 bits per heavy atom. The van der Waals surface area contributed by atoms with Gasteiger partial charge in [0.05, 0.1) is 6.04 Å². The Kier molecular flexibility index (Phi) is 3.55. The van der Waals surface area contributed by atoms with E-state index in [9.17, 15) is 0 Å². The van der Waals surface area contributed by atoms with Gasteiger partial charge in [-0.15, -0.1) is 0 Å². The minimum Gasteiger partial charge on any atom is -0.459 e. The van der Waals surface area contributed by atoms with E-state index in [0.717, 1.165) is 46.2 Å². The molecule has 0 bridgehead atoms. The molecule has 1 saturated carbocycles. The molecule has 1 aromatic carbocycles. The molecular formula is C16H20ClNO. The first-order valence-corrected chi connectivity index (χ1v) is 7.50. The van der Waals surface area contributed by atoms with Gasteiger partial charge in [-0.25, -0.2) is 0 Å². The zero-order chi connectivity index (χ0) is 13.4. The van der Waals surface area contributed by atoms with Crippen molar-refractivity contribution in [2.45, 2.75) is 39.2 Å². The van der Waals surface area contributed by atoms with Crippen molar-refractivity contribution in [3.05, 3.63) is 34.5 Å². The lowest BCUT2D eigenvalue weighted by Gasteiger charge is -2.14. The predicted octanol–water partition coefficient (Wildman–Crippen LogP) is 4.85. The monoisotopic (exact) mass is 277 g/mol. The lowest BCUT2D eigenvalue weighted by atomic mass is 10.1. The van der Waals surface area contributed by atoms with Crippen LogP contribution in [0.4, 0.5) is 0 Å². The van der Waals surface area contributed by atoms with Gasteiger partial charge in [0.1, 0.15) is 11.3 Å². The quantitative estimate of drug-likeness (QED) is 0.845. The van der Waals surface area contributed by atoms with Crippen LogP contribution in [-0.2, 0) is 0 Å². The predicted molar refractivity (Wildman–Crippen MR) is 79.7 cm³/mol. The second-order valence-corrected chi connectivity index (χ2v) is 6.00. The van der Waals surface area contributed by atoms with E-state index in [-0.39, 0.29) is 0 Å². The van der Waals surface area contributed by atoms with Gasteiger partial charge in [0, 0.05) is 10.4 Å². The van der Waals surface area contributed by atoms with Crippen molar-refractivity contribution in [3.8, 4) is 0 Å². The van der Waals surface area contributed by atoms with Crippen LogP contribution < -0.4 is 5.32 Å². The van der Waals surface area contributed by atoms with E-state index in [2.05, 4.69) is 18.3 Å². The number of aryl methyl sites for hydroxylation is 1. The van der Waals surface area contributed by atoms with E-state index in [1.54, 1.807) is 0 Å². The summed E-state index contributed by atoms with van der Waals surface area (Å²) in [6, 6.07) is 6.47. The van der Waals surface area contributed by atoms with E-state index in [1.165, 1.54) is 12.8 Å². The minimum absolute atomic E-state index is 0.366. The first kappa shape index (κ1) is 13.0. The minimum atomic E-state index is 0.366. The van der Waals surface area contributed by atoms with Crippen LogP contribution in [-0.4, -0.2) is 6.54 Å². The van der Waals surface area contributed by atoms with Crippen molar-refractivity contribution in [2.75, 3.05) is 6.54 Å². The first-order valence-electron chi connectivity index (χ1n) is 7.12. The van der Waals surface area contributed by atoms with Crippen LogP contribution in [0.5, 0.6) is 0 Å². The molecule has 0 aliphatic heterocycles. The highest BCUT2D eigenvalue weighted by Crippen LogP contribution is 2.42. The maximum atomic E-state index is 6.11. The molecule has 0 radical (unpaired) electrons. The Morgan fingerprint density at radius 3 is 2.84 bits per heavy atom. The maximum Gasteiger partial charge on any atom is 0.137 e.